The number of nitrogens with two attached hydrogens (primary N) is 2. The van der Waals surface area contributed by atoms with Gasteiger partial charge in [-0.25, -0.2) is 9.97 Å². The molecular formula is C12H9BrN6S. The predicted molar refractivity (Wildman–Crippen MR) is 82.2 cm³/mol. The van der Waals surface area contributed by atoms with Gasteiger partial charge < -0.3 is 11.5 Å². The van der Waals surface area contributed by atoms with Gasteiger partial charge in [0.1, 0.15) is 17.2 Å². The molecule has 0 radical (unpaired) electrons. The lowest BCUT2D eigenvalue weighted by Crippen LogP contribution is -1.99. The lowest BCUT2D eigenvalue weighted by atomic mass is 10.3. The first kappa shape index (κ1) is 13.1. The quantitative estimate of drug-likeness (QED) is 0.685. The second-order valence-electron chi connectivity index (χ2n) is 3.93. The lowest BCUT2D eigenvalue weighted by molar-refractivity contribution is 0.984. The van der Waals surface area contributed by atoms with E-state index in [1.807, 2.05) is 12.1 Å². The van der Waals surface area contributed by atoms with Gasteiger partial charge in [-0.3, -0.25) is 9.97 Å². The minimum Gasteiger partial charge on any atom is -0.383 e. The van der Waals surface area contributed by atoms with Gasteiger partial charge in [-0.15, -0.1) is 0 Å². The Bertz CT molecular complexity index is 774. The average molecular weight is 349 g/mol. The molecular weight excluding hydrogens is 340 g/mol. The highest BCUT2D eigenvalue weighted by molar-refractivity contribution is 9.10. The maximum Gasteiger partial charge on any atom is 0.196 e. The second-order valence-corrected chi connectivity index (χ2v) is 5.86. The summed E-state index contributed by atoms with van der Waals surface area (Å²) >= 11 is 4.73. The van der Waals surface area contributed by atoms with E-state index in [2.05, 4.69) is 35.9 Å². The Kier molecular flexibility index (Phi) is 3.41. The molecule has 3 heterocycles. The smallest absolute Gasteiger partial charge is 0.196 e. The SMILES string of the molecule is Nc1cc(N)nc(Sc2ccnc3cc(Br)cnc23)n1. The maximum atomic E-state index is 5.67. The lowest BCUT2D eigenvalue weighted by Gasteiger charge is -2.05. The van der Waals surface area contributed by atoms with Gasteiger partial charge >= 0.3 is 0 Å². The van der Waals surface area contributed by atoms with Gasteiger partial charge in [0.05, 0.1) is 5.52 Å². The molecule has 0 fully saturated rings. The van der Waals surface area contributed by atoms with Gasteiger partial charge in [0.2, 0.25) is 0 Å². The van der Waals surface area contributed by atoms with E-state index in [9.17, 15) is 0 Å². The number of nitrogen functional groups attached to an aromatic ring is 2. The van der Waals surface area contributed by atoms with Crippen LogP contribution in [0, 0.1) is 0 Å². The number of hydrogen-bond acceptors (Lipinski definition) is 7. The van der Waals surface area contributed by atoms with Gasteiger partial charge in [0.15, 0.2) is 5.16 Å². The molecule has 3 aromatic rings. The van der Waals surface area contributed by atoms with E-state index in [0.717, 1.165) is 20.4 Å². The Morgan fingerprint density at radius 3 is 2.55 bits per heavy atom. The summed E-state index contributed by atoms with van der Waals surface area (Å²) < 4.78 is 0.879. The fourth-order valence-corrected chi connectivity index (χ4v) is 2.87. The summed E-state index contributed by atoms with van der Waals surface area (Å²) in [5, 5.41) is 0.486. The number of fused-ring (bicyclic) bond motifs is 1. The zero-order valence-electron chi connectivity index (χ0n) is 10.1. The predicted octanol–water partition coefficient (Wildman–Crippen LogP) is 2.50. The van der Waals surface area contributed by atoms with E-state index in [1.165, 1.54) is 17.8 Å². The van der Waals surface area contributed by atoms with Crippen LogP contribution < -0.4 is 11.5 Å². The topological polar surface area (TPSA) is 104 Å². The molecule has 0 amide bonds. The molecule has 6 nitrogen and oxygen atoms in total. The molecule has 0 aliphatic heterocycles. The second kappa shape index (κ2) is 5.22. The van der Waals surface area contributed by atoms with Crippen LogP contribution in [-0.2, 0) is 0 Å². The number of halogens is 1. The summed E-state index contributed by atoms with van der Waals surface area (Å²) in [7, 11) is 0. The van der Waals surface area contributed by atoms with E-state index in [-0.39, 0.29) is 0 Å². The Labute approximate surface area is 127 Å². The monoisotopic (exact) mass is 348 g/mol. The van der Waals surface area contributed by atoms with Crippen molar-refractivity contribution in [1.82, 2.24) is 19.9 Å². The standard InChI is InChI=1S/C12H9BrN6S/c13-6-3-7-11(17-5-6)8(1-2-16-7)20-12-18-9(14)4-10(15)19-12/h1-5H,(H4,14,15,18,19). The zero-order chi connectivity index (χ0) is 14.1. The number of rotatable bonds is 2. The van der Waals surface area contributed by atoms with Crippen LogP contribution in [0.15, 0.2) is 45.1 Å². The summed E-state index contributed by atoms with van der Waals surface area (Å²) in [5.41, 5.74) is 12.9. The molecule has 20 heavy (non-hydrogen) atoms. The molecule has 0 aliphatic carbocycles. The molecule has 0 aliphatic rings. The van der Waals surface area contributed by atoms with Crippen molar-refractivity contribution in [1.29, 1.82) is 0 Å². The number of aromatic nitrogens is 4. The minimum absolute atomic E-state index is 0.342. The Hall–Kier alpha value is -1.93. The molecule has 0 saturated heterocycles. The first-order valence-electron chi connectivity index (χ1n) is 5.60. The number of pyridine rings is 2. The van der Waals surface area contributed by atoms with Crippen molar-refractivity contribution in [2.45, 2.75) is 10.1 Å². The highest BCUT2D eigenvalue weighted by Crippen LogP contribution is 2.31. The minimum atomic E-state index is 0.342. The van der Waals surface area contributed by atoms with E-state index in [1.54, 1.807) is 12.4 Å². The molecule has 0 atom stereocenters. The third-order valence-corrected chi connectivity index (χ3v) is 3.80. The average Bonchev–Trinajstić information content (AvgIpc) is 2.37. The molecule has 4 N–H and O–H groups in total. The van der Waals surface area contributed by atoms with Crippen molar-refractivity contribution in [2.75, 3.05) is 11.5 Å². The molecule has 0 unspecified atom stereocenters. The van der Waals surface area contributed by atoms with Gasteiger partial charge in [-0.2, -0.15) is 0 Å². The first-order chi connectivity index (χ1) is 9.61. The van der Waals surface area contributed by atoms with Gasteiger partial charge in [0.25, 0.3) is 0 Å². The summed E-state index contributed by atoms with van der Waals surface area (Å²) in [6.45, 7) is 0. The van der Waals surface area contributed by atoms with Gasteiger partial charge in [-0.1, -0.05) is 0 Å². The number of hydrogen-bond donors (Lipinski definition) is 2. The molecule has 0 spiro atoms. The van der Waals surface area contributed by atoms with E-state index in [4.69, 9.17) is 11.5 Å². The third-order valence-electron chi connectivity index (χ3n) is 2.45. The number of nitrogens with zero attached hydrogens (tertiary/aromatic N) is 4. The fourth-order valence-electron chi connectivity index (χ4n) is 1.67. The Balaban J connectivity index is 2.06. The maximum absolute atomic E-state index is 5.67. The molecule has 0 bridgehead atoms. The first-order valence-corrected chi connectivity index (χ1v) is 7.21. The highest BCUT2D eigenvalue weighted by atomic mass is 79.9. The van der Waals surface area contributed by atoms with Crippen LogP contribution >= 0.6 is 27.7 Å². The summed E-state index contributed by atoms with van der Waals surface area (Å²) in [5.74, 6) is 0.683. The molecule has 100 valence electrons. The van der Waals surface area contributed by atoms with Crippen molar-refractivity contribution >= 4 is 50.4 Å². The van der Waals surface area contributed by atoms with E-state index >= 15 is 0 Å². The van der Waals surface area contributed by atoms with Crippen molar-refractivity contribution in [3.8, 4) is 0 Å². The number of anilines is 2. The zero-order valence-corrected chi connectivity index (χ0v) is 12.5. The molecule has 3 rings (SSSR count). The molecule has 0 saturated carbocycles. The summed E-state index contributed by atoms with van der Waals surface area (Å²) in [4.78, 5) is 17.8. The van der Waals surface area contributed by atoms with Gasteiger partial charge in [-0.05, 0) is 39.8 Å². The van der Waals surface area contributed by atoms with Crippen LogP contribution in [0.3, 0.4) is 0 Å². The summed E-state index contributed by atoms with van der Waals surface area (Å²) in [6.07, 6.45) is 3.44. The largest absolute Gasteiger partial charge is 0.383 e. The molecule has 0 aromatic carbocycles. The van der Waals surface area contributed by atoms with Crippen molar-refractivity contribution in [2.24, 2.45) is 0 Å². The van der Waals surface area contributed by atoms with Crippen LogP contribution in [0.1, 0.15) is 0 Å². The summed E-state index contributed by atoms with van der Waals surface area (Å²) in [6, 6.07) is 5.28. The fraction of sp³-hybridized carbons (Fsp3) is 0. The Morgan fingerprint density at radius 2 is 1.80 bits per heavy atom. The highest BCUT2D eigenvalue weighted by Gasteiger charge is 2.09. The van der Waals surface area contributed by atoms with Crippen LogP contribution in [0.25, 0.3) is 11.0 Å². The van der Waals surface area contributed by atoms with Crippen LogP contribution in [-0.4, -0.2) is 19.9 Å². The Morgan fingerprint density at radius 1 is 1.05 bits per heavy atom. The van der Waals surface area contributed by atoms with E-state index in [0.29, 0.717) is 16.8 Å². The van der Waals surface area contributed by atoms with Crippen molar-refractivity contribution in [3.05, 3.63) is 35.1 Å². The van der Waals surface area contributed by atoms with Gasteiger partial charge in [0, 0.05) is 27.8 Å². The van der Waals surface area contributed by atoms with Crippen LogP contribution in [0.4, 0.5) is 11.6 Å². The third kappa shape index (κ3) is 2.66. The van der Waals surface area contributed by atoms with E-state index < -0.39 is 0 Å². The van der Waals surface area contributed by atoms with Crippen LogP contribution in [0.2, 0.25) is 0 Å². The molecule has 8 heteroatoms. The van der Waals surface area contributed by atoms with Crippen molar-refractivity contribution in [3.63, 3.8) is 0 Å². The van der Waals surface area contributed by atoms with Crippen molar-refractivity contribution < 1.29 is 0 Å². The van der Waals surface area contributed by atoms with Crippen LogP contribution in [0.5, 0.6) is 0 Å². The molecule has 3 aromatic heterocycles. The normalized spacial score (nSPS) is 10.8.